The first-order chi connectivity index (χ1) is 11.3. The Morgan fingerprint density at radius 2 is 2.04 bits per heavy atom. The molecule has 0 saturated carbocycles. The Kier molecular flexibility index (Phi) is 5.54. The first kappa shape index (κ1) is 17.9. The molecule has 2 aromatic carbocycles. The van der Waals surface area contributed by atoms with Crippen LogP contribution in [0.5, 0.6) is 5.75 Å². The van der Waals surface area contributed by atoms with Gasteiger partial charge in [0, 0.05) is 6.04 Å². The lowest BCUT2D eigenvalue weighted by molar-refractivity contribution is 0.386. The predicted molar refractivity (Wildman–Crippen MR) is 88.3 cm³/mol. The van der Waals surface area contributed by atoms with Crippen molar-refractivity contribution in [2.24, 2.45) is 0 Å². The lowest BCUT2D eigenvalue weighted by Gasteiger charge is -2.15. The molecule has 0 heterocycles. The summed E-state index contributed by atoms with van der Waals surface area (Å²) in [5.74, 6) is -0.712. The lowest BCUT2D eigenvalue weighted by atomic mass is 10.1. The number of nitriles is 1. The summed E-state index contributed by atoms with van der Waals surface area (Å²) in [6.45, 7) is 1.63. The molecule has 1 atom stereocenters. The number of rotatable bonds is 6. The van der Waals surface area contributed by atoms with Gasteiger partial charge in [-0.05, 0) is 42.3 Å². The molecule has 24 heavy (non-hydrogen) atoms. The van der Waals surface area contributed by atoms with Crippen molar-refractivity contribution in [1.29, 1.82) is 5.26 Å². The van der Waals surface area contributed by atoms with Crippen LogP contribution in [0, 0.1) is 17.1 Å². The van der Waals surface area contributed by atoms with Crippen molar-refractivity contribution in [2.45, 2.75) is 18.7 Å². The van der Waals surface area contributed by atoms with Crippen molar-refractivity contribution in [2.75, 3.05) is 7.11 Å². The number of halogens is 1. The maximum Gasteiger partial charge on any atom is 0.216 e. The Morgan fingerprint density at radius 3 is 2.67 bits per heavy atom. The van der Waals surface area contributed by atoms with E-state index in [1.165, 1.54) is 25.3 Å². The van der Waals surface area contributed by atoms with Crippen LogP contribution in [0.25, 0.3) is 0 Å². The van der Waals surface area contributed by atoms with Gasteiger partial charge in [-0.1, -0.05) is 18.2 Å². The number of nitrogens with zero attached hydrogens (tertiary/aromatic N) is 1. The lowest BCUT2D eigenvalue weighted by Crippen LogP contribution is -2.28. The smallest absolute Gasteiger partial charge is 0.216 e. The topological polar surface area (TPSA) is 79.2 Å². The number of benzene rings is 2. The highest BCUT2D eigenvalue weighted by Gasteiger charge is 2.18. The van der Waals surface area contributed by atoms with Gasteiger partial charge in [0.15, 0.2) is 11.6 Å². The van der Waals surface area contributed by atoms with Gasteiger partial charge in [-0.3, -0.25) is 0 Å². The van der Waals surface area contributed by atoms with Gasteiger partial charge < -0.3 is 4.74 Å². The van der Waals surface area contributed by atoms with E-state index in [9.17, 15) is 12.8 Å². The van der Waals surface area contributed by atoms with Crippen LogP contribution in [0.1, 0.15) is 29.7 Å². The molecule has 0 fully saturated rings. The van der Waals surface area contributed by atoms with Crippen molar-refractivity contribution in [1.82, 2.24) is 4.72 Å². The third kappa shape index (κ3) is 4.54. The molecule has 2 rings (SSSR count). The number of hydrogen-bond acceptors (Lipinski definition) is 4. The second kappa shape index (κ2) is 7.43. The first-order valence-electron chi connectivity index (χ1n) is 7.17. The predicted octanol–water partition coefficient (Wildman–Crippen LogP) is 2.89. The molecule has 0 aromatic heterocycles. The minimum absolute atomic E-state index is 0.0992. The molecule has 0 spiro atoms. The maximum absolute atomic E-state index is 13.7. The molecule has 0 aliphatic heterocycles. The van der Waals surface area contributed by atoms with E-state index in [1.807, 2.05) is 6.07 Å². The monoisotopic (exact) mass is 348 g/mol. The average molecular weight is 348 g/mol. The fourth-order valence-corrected chi connectivity index (χ4v) is 3.66. The summed E-state index contributed by atoms with van der Waals surface area (Å²) in [5.41, 5.74) is 1.39. The molecule has 0 aliphatic rings. The van der Waals surface area contributed by atoms with Crippen LogP contribution >= 0.6 is 0 Å². The molecular weight excluding hydrogens is 331 g/mol. The van der Waals surface area contributed by atoms with Crippen molar-refractivity contribution in [3.05, 3.63) is 65.0 Å². The first-order valence-corrected chi connectivity index (χ1v) is 8.82. The summed E-state index contributed by atoms with van der Waals surface area (Å²) in [5, 5.41) is 8.86. The Labute approximate surface area is 140 Å². The fraction of sp³-hybridized carbons (Fsp3) is 0.235. The Hall–Kier alpha value is -2.43. The third-order valence-corrected chi connectivity index (χ3v) is 4.87. The minimum Gasteiger partial charge on any atom is -0.494 e. The normalized spacial score (nSPS) is 12.4. The van der Waals surface area contributed by atoms with Gasteiger partial charge in [0.2, 0.25) is 10.0 Å². The van der Waals surface area contributed by atoms with E-state index in [0.29, 0.717) is 16.7 Å². The van der Waals surface area contributed by atoms with Gasteiger partial charge in [0.05, 0.1) is 24.5 Å². The van der Waals surface area contributed by atoms with Gasteiger partial charge in [-0.2, -0.15) is 5.26 Å². The summed E-state index contributed by atoms with van der Waals surface area (Å²) in [7, 11) is -2.29. The van der Waals surface area contributed by atoms with Crippen LogP contribution in [0.2, 0.25) is 0 Å². The summed E-state index contributed by atoms with van der Waals surface area (Å²) in [4.78, 5) is 0. The molecule has 0 bridgehead atoms. The van der Waals surface area contributed by atoms with E-state index in [2.05, 4.69) is 4.72 Å². The standard InChI is InChI=1S/C17H17FN2O3S/c1-12(15-6-7-17(23-2)16(18)9-15)20-24(21,22)11-14-5-3-4-13(8-14)10-19/h3-9,12,20H,11H2,1-2H3. The average Bonchev–Trinajstić information content (AvgIpc) is 2.54. The van der Waals surface area contributed by atoms with E-state index in [0.717, 1.165) is 0 Å². The van der Waals surface area contributed by atoms with E-state index in [-0.39, 0.29) is 11.5 Å². The summed E-state index contributed by atoms with van der Waals surface area (Å²) in [6, 6.07) is 12.1. The second-order valence-electron chi connectivity index (χ2n) is 5.30. The number of ether oxygens (including phenoxy) is 1. The molecule has 1 unspecified atom stereocenters. The van der Waals surface area contributed by atoms with Crippen LogP contribution in [-0.2, 0) is 15.8 Å². The number of nitrogens with one attached hydrogen (secondary N) is 1. The quantitative estimate of drug-likeness (QED) is 0.870. The summed E-state index contributed by atoms with van der Waals surface area (Å²) < 4.78 is 45.6. The van der Waals surface area contributed by atoms with Crippen molar-refractivity contribution >= 4 is 10.0 Å². The minimum atomic E-state index is -3.65. The molecule has 1 N–H and O–H groups in total. The molecule has 0 amide bonds. The second-order valence-corrected chi connectivity index (χ2v) is 7.06. The van der Waals surface area contributed by atoms with Gasteiger partial charge >= 0.3 is 0 Å². The summed E-state index contributed by atoms with van der Waals surface area (Å²) in [6.07, 6.45) is 0. The molecule has 7 heteroatoms. The van der Waals surface area contributed by atoms with Crippen LogP contribution < -0.4 is 9.46 Å². The number of hydrogen-bond donors (Lipinski definition) is 1. The molecular formula is C17H17FN2O3S. The van der Waals surface area contributed by atoms with Crippen LogP contribution in [0.4, 0.5) is 4.39 Å². The summed E-state index contributed by atoms with van der Waals surface area (Å²) >= 11 is 0. The van der Waals surface area contributed by atoms with E-state index < -0.39 is 21.9 Å². The SMILES string of the molecule is COc1ccc(C(C)NS(=O)(=O)Cc2cccc(C#N)c2)cc1F. The maximum atomic E-state index is 13.7. The molecule has 2 aromatic rings. The molecule has 0 aliphatic carbocycles. The highest BCUT2D eigenvalue weighted by atomic mass is 32.2. The van der Waals surface area contributed by atoms with Gasteiger partial charge in [-0.25, -0.2) is 17.5 Å². The zero-order valence-corrected chi connectivity index (χ0v) is 14.1. The van der Waals surface area contributed by atoms with E-state index >= 15 is 0 Å². The molecule has 5 nitrogen and oxygen atoms in total. The van der Waals surface area contributed by atoms with Crippen LogP contribution in [0.15, 0.2) is 42.5 Å². The van der Waals surface area contributed by atoms with Crippen LogP contribution in [-0.4, -0.2) is 15.5 Å². The fourth-order valence-electron chi connectivity index (χ4n) is 2.28. The van der Waals surface area contributed by atoms with Gasteiger partial charge in [0.25, 0.3) is 0 Å². The van der Waals surface area contributed by atoms with Gasteiger partial charge in [-0.15, -0.1) is 0 Å². The molecule has 0 saturated heterocycles. The van der Waals surface area contributed by atoms with Crippen molar-refractivity contribution in [3.63, 3.8) is 0 Å². The number of methoxy groups -OCH3 is 1. The van der Waals surface area contributed by atoms with Crippen LogP contribution in [0.3, 0.4) is 0 Å². The molecule has 126 valence electrons. The Morgan fingerprint density at radius 1 is 1.29 bits per heavy atom. The largest absolute Gasteiger partial charge is 0.494 e. The van der Waals surface area contributed by atoms with Gasteiger partial charge in [0.1, 0.15) is 0 Å². The zero-order chi connectivity index (χ0) is 17.7. The highest BCUT2D eigenvalue weighted by molar-refractivity contribution is 7.88. The third-order valence-electron chi connectivity index (χ3n) is 3.44. The zero-order valence-electron chi connectivity index (χ0n) is 13.3. The Balaban J connectivity index is 2.13. The number of sulfonamides is 1. The van der Waals surface area contributed by atoms with Crippen molar-refractivity contribution in [3.8, 4) is 11.8 Å². The van der Waals surface area contributed by atoms with E-state index in [1.54, 1.807) is 31.2 Å². The van der Waals surface area contributed by atoms with E-state index in [4.69, 9.17) is 10.00 Å². The highest BCUT2D eigenvalue weighted by Crippen LogP contribution is 2.22. The molecule has 0 radical (unpaired) electrons. The Bertz CT molecular complexity index is 876. The van der Waals surface area contributed by atoms with Crippen molar-refractivity contribution < 1.29 is 17.5 Å².